The maximum absolute atomic E-state index is 10.6. The van der Waals surface area contributed by atoms with Crippen LogP contribution in [0.25, 0.3) is 0 Å². The largest absolute Gasteiger partial charge is 0.395 e. The number of hydrogen-bond donors (Lipinski definition) is 11. The first-order valence-electron chi connectivity index (χ1n) is 8.27. The Kier molecular flexibility index (Phi) is 21.7. The zero-order chi connectivity index (χ0) is 24.4. The average Bonchev–Trinajstić information content (AvgIpc) is 2.51. The Labute approximate surface area is 174 Å². The summed E-state index contributed by atoms with van der Waals surface area (Å²) in [6.45, 7) is 2.23. The van der Waals surface area contributed by atoms with Crippen LogP contribution in [-0.2, 0) is 13.7 Å². The topological polar surface area (TPSA) is 286 Å². The van der Waals surface area contributed by atoms with E-state index in [-0.39, 0.29) is 26.4 Å². The van der Waals surface area contributed by atoms with Crippen LogP contribution < -0.4 is 5.73 Å². The fourth-order valence-corrected chi connectivity index (χ4v) is 4.31. The lowest BCUT2D eigenvalue weighted by molar-refractivity contribution is 0.136. The zero-order valence-electron chi connectivity index (χ0n) is 16.3. The van der Waals surface area contributed by atoms with Crippen molar-refractivity contribution in [1.29, 1.82) is 0 Å². The summed E-state index contributed by atoms with van der Waals surface area (Å²) < 4.78 is 31.7. The highest BCUT2D eigenvalue weighted by Gasteiger charge is 2.30. The molecule has 0 radical (unpaired) electrons. The fourth-order valence-electron chi connectivity index (χ4n) is 1.68. The highest BCUT2D eigenvalue weighted by molar-refractivity contribution is 7.53. The van der Waals surface area contributed by atoms with Gasteiger partial charge >= 0.3 is 22.8 Å². The summed E-state index contributed by atoms with van der Waals surface area (Å²) in [6.07, 6.45) is -3.41. The molecule has 16 nitrogen and oxygen atoms in total. The van der Waals surface area contributed by atoms with Gasteiger partial charge in [-0.1, -0.05) is 0 Å². The lowest BCUT2D eigenvalue weighted by atomic mass is 10.4. The Hall–Kier alpha value is 0.170. The molecule has 0 aliphatic heterocycles. The molecule has 0 aromatic heterocycles. The third-order valence-electron chi connectivity index (χ3n) is 2.53. The van der Waals surface area contributed by atoms with Gasteiger partial charge in [-0.15, -0.1) is 0 Å². The van der Waals surface area contributed by atoms with Crippen molar-refractivity contribution in [2.75, 3.05) is 71.5 Å². The predicted octanol–water partition coefficient (Wildman–Crippen LogP) is -4.10. The molecule has 186 valence electrons. The van der Waals surface area contributed by atoms with Gasteiger partial charge in [0.25, 0.3) is 0 Å². The number of hydrogen-bond acceptors (Lipinski definition) is 10. The molecule has 0 saturated heterocycles. The van der Waals surface area contributed by atoms with Crippen molar-refractivity contribution in [3.8, 4) is 0 Å². The number of rotatable bonds is 13. The van der Waals surface area contributed by atoms with Crippen LogP contribution in [0.2, 0.25) is 0 Å². The van der Waals surface area contributed by atoms with Crippen molar-refractivity contribution in [3.63, 3.8) is 0 Å². The first kappa shape index (κ1) is 34.8. The van der Waals surface area contributed by atoms with E-state index in [4.69, 9.17) is 55.5 Å². The second kappa shape index (κ2) is 18.7. The van der Waals surface area contributed by atoms with Crippen LogP contribution in [0.15, 0.2) is 0 Å². The summed E-state index contributed by atoms with van der Waals surface area (Å²) in [7, 11) is -14.0. The number of nitrogens with zero attached hydrogens (tertiary/aromatic N) is 2. The van der Waals surface area contributed by atoms with Crippen LogP contribution in [0.3, 0.4) is 0 Å². The summed E-state index contributed by atoms with van der Waals surface area (Å²) in [4.78, 5) is 53.4. The summed E-state index contributed by atoms with van der Waals surface area (Å²) in [5.41, 5.74) is 4.78. The molecule has 0 aliphatic rings. The lowest BCUT2D eigenvalue weighted by Crippen LogP contribution is -2.32. The lowest BCUT2D eigenvalue weighted by Gasteiger charge is -2.22. The quantitative estimate of drug-likeness (QED) is 0.105. The van der Waals surface area contributed by atoms with Crippen LogP contribution in [-0.4, -0.2) is 131 Å². The molecular weight excluding hydrogens is 475 g/mol. The van der Waals surface area contributed by atoms with Crippen molar-refractivity contribution in [1.82, 2.24) is 9.80 Å². The van der Waals surface area contributed by atoms with Gasteiger partial charge in [-0.05, 0) is 0 Å². The molecule has 0 heterocycles. The van der Waals surface area contributed by atoms with E-state index in [0.29, 0.717) is 31.1 Å². The van der Waals surface area contributed by atoms with Gasteiger partial charge in [0.15, 0.2) is 0 Å². The van der Waals surface area contributed by atoms with Gasteiger partial charge in [0.1, 0.15) is 18.9 Å². The van der Waals surface area contributed by atoms with Crippen molar-refractivity contribution < 1.29 is 63.5 Å². The van der Waals surface area contributed by atoms with E-state index < -0.39 is 41.6 Å². The van der Waals surface area contributed by atoms with Crippen LogP contribution in [0.5, 0.6) is 0 Å². The van der Waals surface area contributed by atoms with E-state index in [1.807, 2.05) is 0 Å². The van der Waals surface area contributed by atoms with Gasteiger partial charge < -0.3 is 55.5 Å². The minimum atomic E-state index is -4.65. The van der Waals surface area contributed by atoms with E-state index in [1.165, 1.54) is 0 Å². The molecule has 0 unspecified atom stereocenters. The normalized spacial score (nSPS) is 12.3. The minimum Gasteiger partial charge on any atom is -0.395 e. The van der Waals surface area contributed by atoms with Gasteiger partial charge in [0.2, 0.25) is 0 Å². The number of aliphatic hydroxyl groups excluding tert-OH is 4. The van der Waals surface area contributed by atoms with Gasteiger partial charge in [0, 0.05) is 26.2 Å². The summed E-state index contributed by atoms with van der Waals surface area (Å²) >= 11 is 0. The maximum Gasteiger partial charge on any atom is 0.339 e. The predicted molar refractivity (Wildman–Crippen MR) is 106 cm³/mol. The molecule has 0 aliphatic carbocycles. The molecule has 0 amide bonds. The molecule has 0 saturated carbocycles. The van der Waals surface area contributed by atoms with E-state index in [0.717, 1.165) is 0 Å². The zero-order valence-corrected chi connectivity index (χ0v) is 19.0. The Morgan fingerprint density at radius 3 is 0.900 bits per heavy atom. The number of aliphatic hydroxyl groups is 4. The highest BCUT2D eigenvalue weighted by atomic mass is 31.2. The van der Waals surface area contributed by atoms with Crippen LogP contribution in [0, 0.1) is 0 Å². The number of nitrogens with two attached hydrogens (primary N) is 1. The van der Waals surface area contributed by atoms with Gasteiger partial charge in [-0.2, -0.15) is 0 Å². The summed E-state index contributed by atoms with van der Waals surface area (Å²) in [5.74, 6) is 0. The van der Waals surface area contributed by atoms with E-state index in [1.54, 1.807) is 4.90 Å². The Morgan fingerprint density at radius 2 is 0.767 bits per heavy atom. The maximum atomic E-state index is 10.6. The van der Waals surface area contributed by atoms with Gasteiger partial charge in [-0.3, -0.25) is 23.5 Å². The van der Waals surface area contributed by atoms with Crippen molar-refractivity contribution in [2.45, 2.75) is 0 Å². The molecule has 0 rings (SSSR count). The second-order valence-corrected chi connectivity index (χ2v) is 10.5. The van der Waals surface area contributed by atoms with Crippen LogP contribution in [0.4, 0.5) is 0 Å². The molecular formula is C11H34N3O13P3. The SMILES string of the molecule is NCCO.O=P(O)(O)CN(CP(=O)(O)O)CP(=O)(O)O.OCCN(CCO)CCO. The first-order valence-corrected chi connectivity index (χ1v) is 13.7. The van der Waals surface area contributed by atoms with Gasteiger partial charge in [-0.25, -0.2) is 0 Å². The third kappa shape index (κ3) is 32.8. The molecule has 0 aromatic carbocycles. The molecule has 0 atom stereocenters. The molecule has 12 N–H and O–H groups in total. The molecule has 19 heteroatoms. The molecule has 0 aromatic rings. The fraction of sp³-hybridized carbons (Fsp3) is 1.00. The van der Waals surface area contributed by atoms with Crippen LogP contribution >= 0.6 is 22.8 Å². The summed E-state index contributed by atoms with van der Waals surface area (Å²) in [5, 5.41) is 33.2. The average molecular weight is 509 g/mol. The molecule has 0 bridgehead atoms. The molecule has 0 fully saturated rings. The smallest absolute Gasteiger partial charge is 0.339 e. The highest BCUT2D eigenvalue weighted by Crippen LogP contribution is 2.45. The standard InChI is InChI=1S/C6H15NO3.C3H12NO9P3.C2H7NO/c8-4-1-7(2-5-9)3-6-10;5-14(6,7)1-4(2-15(8,9)10)3-16(11,12)13;3-1-2-4/h8-10H,1-6H2;1-3H2,(H2,5,6,7)(H2,8,9,10)(H2,11,12,13);4H,1-3H2. The summed E-state index contributed by atoms with van der Waals surface area (Å²) in [6, 6.07) is 0. The van der Waals surface area contributed by atoms with Crippen molar-refractivity contribution in [2.24, 2.45) is 5.73 Å². The monoisotopic (exact) mass is 509 g/mol. The van der Waals surface area contributed by atoms with Crippen LogP contribution in [0.1, 0.15) is 0 Å². The van der Waals surface area contributed by atoms with E-state index in [2.05, 4.69) is 0 Å². The van der Waals surface area contributed by atoms with Crippen molar-refractivity contribution >= 4 is 22.8 Å². The van der Waals surface area contributed by atoms with Gasteiger partial charge in [0.05, 0.1) is 26.4 Å². The second-order valence-electron chi connectivity index (χ2n) is 5.61. The first-order chi connectivity index (χ1) is 13.5. The van der Waals surface area contributed by atoms with E-state index >= 15 is 0 Å². The molecule has 0 spiro atoms. The molecule has 30 heavy (non-hydrogen) atoms. The van der Waals surface area contributed by atoms with Crippen molar-refractivity contribution in [3.05, 3.63) is 0 Å². The van der Waals surface area contributed by atoms with E-state index in [9.17, 15) is 13.7 Å². The Morgan fingerprint density at radius 1 is 0.533 bits per heavy atom. The third-order valence-corrected chi connectivity index (χ3v) is 4.84. The Bertz CT molecular complexity index is 464. The Balaban J connectivity index is -0.000000442. The minimum absolute atomic E-state index is 0.0694.